The fraction of sp³-hybridized carbons (Fsp3) is 0.667. The molecule has 1 aromatic heterocycles. The summed E-state index contributed by atoms with van der Waals surface area (Å²) in [4.78, 5) is 10.9. The van der Waals surface area contributed by atoms with Crippen LogP contribution < -0.4 is 0 Å². The first-order chi connectivity index (χ1) is 7.66. The molecular formula is C12H18ClN3. The maximum absolute atomic E-state index is 5.72. The smallest absolute Gasteiger partial charge is 0.147 e. The highest BCUT2D eigenvalue weighted by Gasteiger charge is 2.24. The predicted molar refractivity (Wildman–Crippen MR) is 65.4 cm³/mol. The van der Waals surface area contributed by atoms with Gasteiger partial charge in [-0.05, 0) is 26.7 Å². The van der Waals surface area contributed by atoms with E-state index in [1.54, 1.807) is 12.4 Å². The van der Waals surface area contributed by atoms with Crippen LogP contribution in [0.3, 0.4) is 0 Å². The second kappa shape index (κ2) is 5.11. The van der Waals surface area contributed by atoms with Gasteiger partial charge in [-0.1, -0.05) is 18.0 Å². The number of nitrogens with zero attached hydrogens (tertiary/aromatic N) is 3. The van der Waals surface area contributed by atoms with Gasteiger partial charge in [0.1, 0.15) is 5.15 Å². The number of likely N-dealkylation sites (tertiary alicyclic amines) is 1. The van der Waals surface area contributed by atoms with Crippen molar-refractivity contribution in [3.8, 4) is 0 Å². The summed E-state index contributed by atoms with van der Waals surface area (Å²) in [6.07, 6.45) is 7.30. The van der Waals surface area contributed by atoms with Crippen LogP contribution in [0.2, 0.25) is 5.15 Å². The standard InChI is InChI=1S/C12H18ClN3/c1-9-4-3-5-10(2)16(9)8-11-6-15-12(13)7-14-11/h6-7,9-10H,3-5,8H2,1-2H3/t9-,10+. The van der Waals surface area contributed by atoms with Gasteiger partial charge >= 0.3 is 0 Å². The van der Waals surface area contributed by atoms with Gasteiger partial charge in [0.2, 0.25) is 0 Å². The molecule has 1 aromatic rings. The van der Waals surface area contributed by atoms with Crippen LogP contribution >= 0.6 is 11.6 Å². The summed E-state index contributed by atoms with van der Waals surface area (Å²) in [5.74, 6) is 0. The number of hydrogen-bond donors (Lipinski definition) is 0. The predicted octanol–water partition coefficient (Wildman–Crippen LogP) is 2.89. The lowest BCUT2D eigenvalue weighted by atomic mass is 9.97. The van der Waals surface area contributed by atoms with E-state index in [2.05, 4.69) is 28.7 Å². The Morgan fingerprint density at radius 1 is 1.25 bits per heavy atom. The van der Waals surface area contributed by atoms with E-state index in [0.29, 0.717) is 17.2 Å². The Hall–Kier alpha value is -0.670. The first kappa shape index (κ1) is 11.8. The lowest BCUT2D eigenvalue weighted by Gasteiger charge is -2.38. The highest BCUT2D eigenvalue weighted by Crippen LogP contribution is 2.23. The lowest BCUT2D eigenvalue weighted by molar-refractivity contribution is 0.0937. The Bertz CT molecular complexity index is 329. The minimum absolute atomic E-state index is 0.462. The molecule has 0 bridgehead atoms. The molecule has 0 amide bonds. The molecule has 88 valence electrons. The van der Waals surface area contributed by atoms with E-state index in [-0.39, 0.29) is 0 Å². The number of hydrogen-bond acceptors (Lipinski definition) is 3. The van der Waals surface area contributed by atoms with Crippen LogP contribution in [0, 0.1) is 0 Å². The molecule has 0 spiro atoms. The molecule has 0 unspecified atom stereocenters. The molecular weight excluding hydrogens is 222 g/mol. The Labute approximate surface area is 102 Å². The summed E-state index contributed by atoms with van der Waals surface area (Å²) in [6.45, 7) is 5.46. The van der Waals surface area contributed by atoms with Crippen LogP contribution in [0.25, 0.3) is 0 Å². The number of rotatable bonds is 2. The molecule has 3 nitrogen and oxygen atoms in total. The Morgan fingerprint density at radius 2 is 1.94 bits per heavy atom. The van der Waals surface area contributed by atoms with E-state index >= 15 is 0 Å². The monoisotopic (exact) mass is 239 g/mol. The van der Waals surface area contributed by atoms with Gasteiger partial charge in [-0.25, -0.2) is 4.98 Å². The van der Waals surface area contributed by atoms with Gasteiger partial charge < -0.3 is 0 Å². The zero-order chi connectivity index (χ0) is 11.5. The van der Waals surface area contributed by atoms with Crippen molar-refractivity contribution in [3.63, 3.8) is 0 Å². The highest BCUT2D eigenvalue weighted by atomic mass is 35.5. The van der Waals surface area contributed by atoms with Crippen LogP contribution in [0.15, 0.2) is 12.4 Å². The number of halogens is 1. The van der Waals surface area contributed by atoms with E-state index in [4.69, 9.17) is 11.6 Å². The summed E-state index contributed by atoms with van der Waals surface area (Å²) >= 11 is 5.72. The summed E-state index contributed by atoms with van der Waals surface area (Å²) in [7, 11) is 0. The van der Waals surface area contributed by atoms with E-state index in [0.717, 1.165) is 12.2 Å². The Kier molecular flexibility index (Phi) is 3.77. The summed E-state index contributed by atoms with van der Waals surface area (Å²) < 4.78 is 0. The molecule has 0 radical (unpaired) electrons. The van der Waals surface area contributed by atoms with Crippen molar-refractivity contribution < 1.29 is 0 Å². The van der Waals surface area contributed by atoms with Gasteiger partial charge in [-0.3, -0.25) is 9.88 Å². The first-order valence-electron chi connectivity index (χ1n) is 5.89. The van der Waals surface area contributed by atoms with E-state index in [9.17, 15) is 0 Å². The average molecular weight is 240 g/mol. The molecule has 0 aromatic carbocycles. The van der Waals surface area contributed by atoms with Crippen molar-refractivity contribution in [2.75, 3.05) is 0 Å². The third-order valence-corrected chi connectivity index (χ3v) is 3.59. The average Bonchev–Trinajstić information content (AvgIpc) is 2.26. The van der Waals surface area contributed by atoms with Crippen molar-refractivity contribution >= 4 is 11.6 Å². The third-order valence-electron chi connectivity index (χ3n) is 3.39. The van der Waals surface area contributed by atoms with Crippen molar-refractivity contribution in [3.05, 3.63) is 23.2 Å². The fourth-order valence-corrected chi connectivity index (χ4v) is 2.49. The van der Waals surface area contributed by atoms with Gasteiger partial charge in [0.25, 0.3) is 0 Å². The highest BCUT2D eigenvalue weighted by molar-refractivity contribution is 6.29. The van der Waals surface area contributed by atoms with Crippen molar-refractivity contribution in [2.45, 2.75) is 51.7 Å². The van der Waals surface area contributed by atoms with Gasteiger partial charge in [-0.15, -0.1) is 0 Å². The lowest BCUT2D eigenvalue weighted by Crippen LogP contribution is -2.43. The minimum Gasteiger partial charge on any atom is -0.292 e. The Balaban J connectivity index is 2.04. The van der Waals surface area contributed by atoms with Crippen molar-refractivity contribution in [2.24, 2.45) is 0 Å². The maximum atomic E-state index is 5.72. The zero-order valence-corrected chi connectivity index (χ0v) is 10.6. The van der Waals surface area contributed by atoms with E-state index in [1.807, 2.05) is 0 Å². The van der Waals surface area contributed by atoms with Gasteiger partial charge in [0, 0.05) is 18.6 Å². The zero-order valence-electron chi connectivity index (χ0n) is 9.86. The minimum atomic E-state index is 0.462. The molecule has 1 fully saturated rings. The SMILES string of the molecule is C[C@@H]1CCC[C@H](C)N1Cc1cnc(Cl)cn1. The van der Waals surface area contributed by atoms with Crippen LogP contribution in [0.1, 0.15) is 38.8 Å². The normalized spacial score (nSPS) is 26.9. The van der Waals surface area contributed by atoms with Crippen LogP contribution in [0.5, 0.6) is 0 Å². The fourth-order valence-electron chi connectivity index (χ4n) is 2.39. The maximum Gasteiger partial charge on any atom is 0.147 e. The molecule has 0 saturated carbocycles. The molecule has 4 heteroatoms. The van der Waals surface area contributed by atoms with E-state index in [1.165, 1.54) is 19.3 Å². The molecule has 1 aliphatic heterocycles. The largest absolute Gasteiger partial charge is 0.292 e. The molecule has 1 saturated heterocycles. The number of aromatic nitrogens is 2. The summed E-state index contributed by atoms with van der Waals surface area (Å²) in [5, 5.41) is 0.462. The topological polar surface area (TPSA) is 29.0 Å². The van der Waals surface area contributed by atoms with Crippen molar-refractivity contribution in [1.82, 2.24) is 14.9 Å². The molecule has 2 rings (SSSR count). The van der Waals surface area contributed by atoms with Crippen LogP contribution in [0.4, 0.5) is 0 Å². The molecule has 16 heavy (non-hydrogen) atoms. The quantitative estimate of drug-likeness (QED) is 0.795. The third kappa shape index (κ3) is 2.71. The van der Waals surface area contributed by atoms with Gasteiger partial charge in [-0.2, -0.15) is 0 Å². The van der Waals surface area contributed by atoms with Gasteiger partial charge in [0.05, 0.1) is 18.1 Å². The molecule has 2 atom stereocenters. The van der Waals surface area contributed by atoms with Crippen molar-refractivity contribution in [1.29, 1.82) is 0 Å². The van der Waals surface area contributed by atoms with Gasteiger partial charge in [0.15, 0.2) is 0 Å². The second-order valence-electron chi connectivity index (χ2n) is 4.63. The Morgan fingerprint density at radius 3 is 2.50 bits per heavy atom. The number of piperidine rings is 1. The van der Waals surface area contributed by atoms with E-state index < -0.39 is 0 Å². The molecule has 1 aliphatic rings. The molecule has 2 heterocycles. The summed E-state index contributed by atoms with van der Waals surface area (Å²) in [5.41, 5.74) is 1.00. The second-order valence-corrected chi connectivity index (χ2v) is 5.02. The van der Waals surface area contributed by atoms with Crippen LogP contribution in [-0.2, 0) is 6.54 Å². The molecule has 0 N–H and O–H groups in total. The molecule has 0 aliphatic carbocycles. The van der Waals surface area contributed by atoms with Crippen LogP contribution in [-0.4, -0.2) is 27.0 Å². The summed E-state index contributed by atoms with van der Waals surface area (Å²) in [6, 6.07) is 1.28. The first-order valence-corrected chi connectivity index (χ1v) is 6.27.